The molecule has 0 saturated heterocycles. The maximum Gasteiger partial charge on any atom is 0.273 e. The van der Waals surface area contributed by atoms with Crippen molar-refractivity contribution >= 4 is 5.91 Å². The Morgan fingerprint density at radius 1 is 1.40 bits per heavy atom. The molecule has 2 aromatic rings. The van der Waals surface area contributed by atoms with Gasteiger partial charge >= 0.3 is 0 Å². The van der Waals surface area contributed by atoms with Crippen LogP contribution in [0.2, 0.25) is 0 Å². The van der Waals surface area contributed by atoms with E-state index in [0.717, 1.165) is 24.2 Å². The molecule has 1 saturated carbocycles. The van der Waals surface area contributed by atoms with Crippen molar-refractivity contribution in [2.75, 3.05) is 0 Å². The van der Waals surface area contributed by atoms with Gasteiger partial charge in [-0.25, -0.2) is 0 Å². The Morgan fingerprint density at radius 3 is 2.80 bits per heavy atom. The van der Waals surface area contributed by atoms with Gasteiger partial charge in [0.1, 0.15) is 11.5 Å². The third-order valence-electron chi connectivity index (χ3n) is 3.43. The van der Waals surface area contributed by atoms with Crippen LogP contribution in [0.25, 0.3) is 0 Å². The Balaban J connectivity index is 1.77. The summed E-state index contributed by atoms with van der Waals surface area (Å²) in [5.74, 6) is 0.747. The van der Waals surface area contributed by atoms with Gasteiger partial charge in [0.25, 0.3) is 5.91 Å². The monoisotopic (exact) mass is 271 g/mol. The number of nitrogens with two attached hydrogens (primary N) is 1. The smallest absolute Gasteiger partial charge is 0.273 e. The number of rotatable bonds is 5. The third kappa shape index (κ3) is 2.72. The van der Waals surface area contributed by atoms with E-state index in [1.165, 1.54) is 0 Å². The lowest BCUT2D eigenvalue weighted by Gasteiger charge is -2.20. The van der Waals surface area contributed by atoms with Crippen LogP contribution in [-0.4, -0.2) is 21.8 Å². The van der Waals surface area contributed by atoms with Crippen molar-refractivity contribution in [1.29, 1.82) is 0 Å². The summed E-state index contributed by atoms with van der Waals surface area (Å²) < 4.78 is 5.33. The van der Waals surface area contributed by atoms with E-state index in [1.54, 1.807) is 18.5 Å². The minimum atomic E-state index is -0.0486. The number of amides is 1. The van der Waals surface area contributed by atoms with E-state index in [9.17, 15) is 4.79 Å². The number of hydrogen-bond acceptors (Lipinski definition) is 4. The second kappa shape index (κ2) is 5.46. The Labute approximate surface area is 117 Å². The maximum absolute atomic E-state index is 12.5. The van der Waals surface area contributed by atoms with E-state index in [1.807, 2.05) is 23.1 Å². The molecule has 1 fully saturated rings. The van der Waals surface area contributed by atoms with E-state index < -0.39 is 0 Å². The molecule has 2 aromatic heterocycles. The standard InChI is InChI=1S/C15H17N3O2/c16-8-11-3-6-14(17-9-11)15(19)18(12-4-5-12)10-13-2-1-7-20-13/h1-3,6-7,9,12H,4-5,8,10,16H2. The lowest BCUT2D eigenvalue weighted by molar-refractivity contribution is 0.0711. The predicted octanol–water partition coefficient (Wildman–Crippen LogP) is 1.94. The lowest BCUT2D eigenvalue weighted by Crippen LogP contribution is -2.33. The van der Waals surface area contributed by atoms with Gasteiger partial charge in [-0.1, -0.05) is 6.07 Å². The van der Waals surface area contributed by atoms with Crippen molar-refractivity contribution in [2.45, 2.75) is 32.0 Å². The Kier molecular flexibility index (Phi) is 3.52. The van der Waals surface area contributed by atoms with Gasteiger partial charge in [-0.05, 0) is 36.6 Å². The molecule has 5 nitrogen and oxygen atoms in total. The minimum Gasteiger partial charge on any atom is -0.467 e. The highest BCUT2D eigenvalue weighted by Gasteiger charge is 2.34. The Morgan fingerprint density at radius 2 is 2.25 bits per heavy atom. The van der Waals surface area contributed by atoms with E-state index in [0.29, 0.717) is 24.8 Å². The van der Waals surface area contributed by atoms with Crippen LogP contribution in [0.4, 0.5) is 0 Å². The average Bonchev–Trinajstić information content (AvgIpc) is 3.21. The zero-order valence-corrected chi connectivity index (χ0v) is 11.2. The first-order valence-corrected chi connectivity index (χ1v) is 6.76. The van der Waals surface area contributed by atoms with Gasteiger partial charge < -0.3 is 15.1 Å². The fourth-order valence-corrected chi connectivity index (χ4v) is 2.14. The van der Waals surface area contributed by atoms with Gasteiger partial charge in [-0.15, -0.1) is 0 Å². The van der Waals surface area contributed by atoms with E-state index in [4.69, 9.17) is 10.2 Å². The summed E-state index contributed by atoms with van der Waals surface area (Å²) in [6.45, 7) is 0.928. The first-order chi connectivity index (χ1) is 9.78. The number of hydrogen-bond donors (Lipinski definition) is 1. The zero-order valence-electron chi connectivity index (χ0n) is 11.2. The summed E-state index contributed by atoms with van der Waals surface area (Å²) in [5.41, 5.74) is 6.92. The second-order valence-corrected chi connectivity index (χ2v) is 5.00. The van der Waals surface area contributed by atoms with Crippen LogP contribution in [0.3, 0.4) is 0 Å². The number of pyridine rings is 1. The lowest BCUT2D eigenvalue weighted by atomic mass is 10.2. The SMILES string of the molecule is NCc1ccc(C(=O)N(Cc2ccco2)C2CC2)nc1. The van der Waals surface area contributed by atoms with Crippen LogP contribution in [0, 0.1) is 0 Å². The molecule has 20 heavy (non-hydrogen) atoms. The first-order valence-electron chi connectivity index (χ1n) is 6.76. The van der Waals surface area contributed by atoms with Gasteiger partial charge in [0.15, 0.2) is 0 Å². The van der Waals surface area contributed by atoms with Gasteiger partial charge in [-0.2, -0.15) is 0 Å². The highest BCUT2D eigenvalue weighted by Crippen LogP contribution is 2.29. The van der Waals surface area contributed by atoms with Crippen LogP contribution >= 0.6 is 0 Å². The molecule has 1 amide bonds. The highest BCUT2D eigenvalue weighted by atomic mass is 16.3. The molecule has 0 aromatic carbocycles. The molecule has 2 heterocycles. The van der Waals surface area contributed by atoms with Crippen molar-refractivity contribution in [3.63, 3.8) is 0 Å². The summed E-state index contributed by atoms with van der Waals surface area (Å²) in [6, 6.07) is 7.61. The minimum absolute atomic E-state index is 0.0486. The molecule has 0 aliphatic heterocycles. The van der Waals surface area contributed by atoms with Crippen molar-refractivity contribution in [2.24, 2.45) is 5.73 Å². The highest BCUT2D eigenvalue weighted by molar-refractivity contribution is 5.92. The van der Waals surface area contributed by atoms with E-state index in [-0.39, 0.29) is 5.91 Å². The van der Waals surface area contributed by atoms with Crippen LogP contribution in [0.15, 0.2) is 41.1 Å². The van der Waals surface area contributed by atoms with Crippen LogP contribution in [0.1, 0.15) is 34.7 Å². The van der Waals surface area contributed by atoms with Crippen molar-refractivity contribution in [3.05, 3.63) is 53.7 Å². The quantitative estimate of drug-likeness (QED) is 0.902. The van der Waals surface area contributed by atoms with E-state index >= 15 is 0 Å². The molecule has 1 aliphatic carbocycles. The summed E-state index contributed by atoms with van der Waals surface area (Å²) in [7, 11) is 0. The van der Waals surface area contributed by atoms with Crippen LogP contribution in [-0.2, 0) is 13.1 Å². The molecule has 0 unspecified atom stereocenters. The fourth-order valence-electron chi connectivity index (χ4n) is 2.14. The molecule has 3 rings (SSSR count). The molecule has 2 N–H and O–H groups in total. The Bertz CT molecular complexity index is 574. The third-order valence-corrected chi connectivity index (χ3v) is 3.43. The molecular formula is C15H17N3O2. The van der Waals surface area contributed by atoms with Crippen molar-refractivity contribution < 1.29 is 9.21 Å². The second-order valence-electron chi connectivity index (χ2n) is 5.00. The predicted molar refractivity (Wildman–Crippen MR) is 73.7 cm³/mol. The molecule has 104 valence electrons. The molecule has 1 aliphatic rings. The largest absolute Gasteiger partial charge is 0.467 e. The van der Waals surface area contributed by atoms with Gasteiger partial charge in [0, 0.05) is 18.8 Å². The molecule has 5 heteroatoms. The first kappa shape index (κ1) is 12.9. The van der Waals surface area contributed by atoms with Gasteiger partial charge in [-0.3, -0.25) is 9.78 Å². The normalized spacial score (nSPS) is 14.2. The topological polar surface area (TPSA) is 72.4 Å². The summed E-state index contributed by atoms with van der Waals surface area (Å²) >= 11 is 0. The fraction of sp³-hybridized carbons (Fsp3) is 0.333. The number of aromatic nitrogens is 1. The summed E-state index contributed by atoms with van der Waals surface area (Å²) in [6.07, 6.45) is 5.38. The molecule has 0 radical (unpaired) electrons. The summed E-state index contributed by atoms with van der Waals surface area (Å²) in [4.78, 5) is 18.6. The maximum atomic E-state index is 12.5. The van der Waals surface area contributed by atoms with Crippen molar-refractivity contribution in [1.82, 2.24) is 9.88 Å². The number of nitrogens with zero attached hydrogens (tertiary/aromatic N) is 2. The van der Waals surface area contributed by atoms with Gasteiger partial charge in [0.2, 0.25) is 0 Å². The molecule has 0 spiro atoms. The average molecular weight is 271 g/mol. The number of carbonyl (C=O) groups is 1. The number of furan rings is 1. The van der Waals surface area contributed by atoms with Crippen LogP contribution in [0.5, 0.6) is 0 Å². The Hall–Kier alpha value is -2.14. The number of carbonyl (C=O) groups excluding carboxylic acids is 1. The molecule has 0 bridgehead atoms. The molecular weight excluding hydrogens is 254 g/mol. The molecule has 0 atom stereocenters. The van der Waals surface area contributed by atoms with Crippen molar-refractivity contribution in [3.8, 4) is 0 Å². The van der Waals surface area contributed by atoms with Gasteiger partial charge in [0.05, 0.1) is 12.8 Å². The summed E-state index contributed by atoms with van der Waals surface area (Å²) in [5, 5.41) is 0. The zero-order chi connectivity index (χ0) is 13.9. The van der Waals surface area contributed by atoms with E-state index in [2.05, 4.69) is 4.98 Å². The van der Waals surface area contributed by atoms with Crippen LogP contribution < -0.4 is 5.73 Å².